The molecule has 2 aromatic carbocycles. The van der Waals surface area contributed by atoms with Crippen LogP contribution in [0.1, 0.15) is 46.0 Å². The number of carbonyl (C=O) groups excluding carboxylic acids is 1. The summed E-state index contributed by atoms with van der Waals surface area (Å²) in [6, 6.07) is 2.70. The van der Waals surface area contributed by atoms with Gasteiger partial charge in [0.05, 0.1) is 17.1 Å². The molecule has 0 spiro atoms. The van der Waals surface area contributed by atoms with Crippen LogP contribution in [0.3, 0.4) is 0 Å². The third-order valence-corrected chi connectivity index (χ3v) is 4.43. The third-order valence-electron chi connectivity index (χ3n) is 4.43. The Morgan fingerprint density at radius 1 is 1.06 bits per heavy atom. The zero-order chi connectivity index (χ0) is 23.8. The standard InChI is InChI=1S/C22H21F4N3O3/c1-5-17(27-21(31)32-22(2,3)4)19-28-18-15(9-13(25)10-16(18)26)20(30)29(19)14-7-11(23)6-12(24)8-14/h6-10,17H,5H2,1-4H3,(H,27,31)/t17-/m0/s1. The second-order valence-electron chi connectivity index (χ2n) is 8.13. The van der Waals surface area contributed by atoms with E-state index in [0.29, 0.717) is 12.1 Å². The van der Waals surface area contributed by atoms with Gasteiger partial charge in [0.2, 0.25) is 0 Å². The SMILES string of the molecule is CC[C@H](NC(=O)OC(C)(C)C)c1nc2c(F)cc(F)cc2c(=O)n1-c1cc(F)cc(F)c1. The fourth-order valence-electron chi connectivity index (χ4n) is 3.18. The molecule has 10 heteroatoms. The van der Waals surface area contributed by atoms with E-state index in [-0.39, 0.29) is 17.9 Å². The molecule has 3 rings (SSSR count). The van der Waals surface area contributed by atoms with Gasteiger partial charge in [-0.1, -0.05) is 6.92 Å². The van der Waals surface area contributed by atoms with Crippen LogP contribution < -0.4 is 10.9 Å². The molecular weight excluding hydrogens is 430 g/mol. The summed E-state index contributed by atoms with van der Waals surface area (Å²) in [5, 5.41) is 2.11. The summed E-state index contributed by atoms with van der Waals surface area (Å²) in [6.45, 7) is 6.60. The number of carbonyl (C=O) groups is 1. The fraction of sp³-hybridized carbons (Fsp3) is 0.318. The maximum Gasteiger partial charge on any atom is 0.408 e. The Hall–Kier alpha value is -3.43. The number of nitrogens with one attached hydrogen (secondary N) is 1. The van der Waals surface area contributed by atoms with Crippen molar-refractivity contribution in [1.29, 1.82) is 0 Å². The number of hydrogen-bond acceptors (Lipinski definition) is 4. The van der Waals surface area contributed by atoms with E-state index >= 15 is 0 Å². The van der Waals surface area contributed by atoms with Crippen LogP contribution in [0.15, 0.2) is 35.1 Å². The van der Waals surface area contributed by atoms with Crippen molar-refractivity contribution in [3.8, 4) is 5.69 Å². The topological polar surface area (TPSA) is 73.2 Å². The molecule has 170 valence electrons. The summed E-state index contributed by atoms with van der Waals surface area (Å²) >= 11 is 0. The summed E-state index contributed by atoms with van der Waals surface area (Å²) in [7, 11) is 0. The smallest absolute Gasteiger partial charge is 0.408 e. The highest BCUT2D eigenvalue weighted by Gasteiger charge is 2.26. The summed E-state index contributed by atoms with van der Waals surface area (Å²) in [5.41, 5.74) is -2.48. The lowest BCUT2D eigenvalue weighted by Crippen LogP contribution is -2.38. The molecule has 0 bridgehead atoms. The molecule has 0 aliphatic rings. The number of benzene rings is 2. The summed E-state index contributed by atoms with van der Waals surface area (Å²) in [4.78, 5) is 29.7. The monoisotopic (exact) mass is 451 g/mol. The van der Waals surface area contributed by atoms with Gasteiger partial charge in [0.1, 0.15) is 34.4 Å². The molecule has 0 saturated carbocycles. The van der Waals surface area contributed by atoms with E-state index in [1.807, 2.05) is 0 Å². The molecule has 3 aromatic rings. The van der Waals surface area contributed by atoms with E-state index in [4.69, 9.17) is 4.74 Å². The van der Waals surface area contributed by atoms with Crippen LogP contribution in [0, 0.1) is 23.3 Å². The van der Waals surface area contributed by atoms with Gasteiger partial charge in [-0.15, -0.1) is 0 Å². The maximum atomic E-state index is 14.4. The van der Waals surface area contributed by atoms with Crippen LogP contribution in [0.2, 0.25) is 0 Å². The Morgan fingerprint density at radius 2 is 1.66 bits per heavy atom. The van der Waals surface area contributed by atoms with Gasteiger partial charge in [-0.25, -0.2) is 27.3 Å². The van der Waals surface area contributed by atoms with Crippen molar-refractivity contribution in [2.45, 2.75) is 45.8 Å². The van der Waals surface area contributed by atoms with Gasteiger partial charge in [0.25, 0.3) is 5.56 Å². The molecule has 1 amide bonds. The second-order valence-corrected chi connectivity index (χ2v) is 8.13. The van der Waals surface area contributed by atoms with Crippen LogP contribution in [-0.2, 0) is 4.74 Å². The summed E-state index contributed by atoms with van der Waals surface area (Å²) < 4.78 is 62.1. The zero-order valence-electron chi connectivity index (χ0n) is 17.8. The number of fused-ring (bicyclic) bond motifs is 1. The largest absolute Gasteiger partial charge is 0.444 e. The minimum absolute atomic E-state index is 0.164. The molecule has 1 aromatic heterocycles. The number of ether oxygens (including phenoxy) is 1. The van der Waals surface area contributed by atoms with Crippen molar-refractivity contribution in [3.63, 3.8) is 0 Å². The first-order chi connectivity index (χ1) is 14.9. The van der Waals surface area contributed by atoms with Crippen molar-refractivity contribution in [3.05, 3.63) is 69.8 Å². The molecule has 0 aliphatic heterocycles. The van der Waals surface area contributed by atoms with Crippen molar-refractivity contribution in [1.82, 2.24) is 14.9 Å². The van der Waals surface area contributed by atoms with E-state index in [0.717, 1.165) is 22.8 Å². The Balaban J connectivity index is 2.29. The molecule has 32 heavy (non-hydrogen) atoms. The van der Waals surface area contributed by atoms with Gasteiger partial charge in [0.15, 0.2) is 5.82 Å². The molecule has 1 atom stereocenters. The molecule has 0 fully saturated rings. The van der Waals surface area contributed by atoms with Crippen molar-refractivity contribution in [2.75, 3.05) is 0 Å². The molecule has 1 N–H and O–H groups in total. The van der Waals surface area contributed by atoms with Gasteiger partial charge in [-0.2, -0.15) is 0 Å². The van der Waals surface area contributed by atoms with Gasteiger partial charge in [-0.3, -0.25) is 9.36 Å². The first kappa shape index (κ1) is 23.2. The van der Waals surface area contributed by atoms with Crippen LogP contribution in [0.4, 0.5) is 22.4 Å². The number of aromatic nitrogens is 2. The van der Waals surface area contributed by atoms with Crippen LogP contribution in [0.25, 0.3) is 16.6 Å². The number of nitrogens with zero attached hydrogens (tertiary/aromatic N) is 2. The van der Waals surface area contributed by atoms with Gasteiger partial charge in [0, 0.05) is 12.1 Å². The Bertz CT molecular complexity index is 1230. The number of amides is 1. The molecular formula is C22H21F4N3O3. The fourth-order valence-corrected chi connectivity index (χ4v) is 3.18. The van der Waals surface area contributed by atoms with Crippen LogP contribution in [0.5, 0.6) is 0 Å². The molecule has 0 radical (unpaired) electrons. The van der Waals surface area contributed by atoms with Crippen molar-refractivity contribution in [2.24, 2.45) is 0 Å². The normalized spacial score (nSPS) is 12.6. The van der Waals surface area contributed by atoms with Crippen molar-refractivity contribution >= 4 is 17.0 Å². The number of hydrogen-bond donors (Lipinski definition) is 1. The van der Waals surface area contributed by atoms with Gasteiger partial charge >= 0.3 is 6.09 Å². The number of halogens is 4. The van der Waals surface area contributed by atoms with Crippen molar-refractivity contribution < 1.29 is 27.1 Å². The minimum Gasteiger partial charge on any atom is -0.444 e. The van der Waals surface area contributed by atoms with Gasteiger partial charge in [-0.05, 0) is 45.4 Å². The van der Waals surface area contributed by atoms with Crippen LogP contribution >= 0.6 is 0 Å². The van der Waals surface area contributed by atoms with Gasteiger partial charge < -0.3 is 10.1 Å². The number of rotatable bonds is 4. The number of alkyl carbamates (subject to hydrolysis) is 1. The highest BCUT2D eigenvalue weighted by molar-refractivity contribution is 5.79. The maximum absolute atomic E-state index is 14.4. The lowest BCUT2D eigenvalue weighted by atomic mass is 10.1. The average molecular weight is 451 g/mol. The third kappa shape index (κ3) is 4.90. The van der Waals surface area contributed by atoms with E-state index in [1.165, 1.54) is 0 Å². The predicted molar refractivity (Wildman–Crippen MR) is 110 cm³/mol. The lowest BCUT2D eigenvalue weighted by Gasteiger charge is -2.24. The van der Waals surface area contributed by atoms with E-state index in [2.05, 4.69) is 10.3 Å². The highest BCUT2D eigenvalue weighted by atomic mass is 19.1. The van der Waals surface area contributed by atoms with E-state index in [9.17, 15) is 27.2 Å². The zero-order valence-corrected chi connectivity index (χ0v) is 17.8. The Morgan fingerprint density at radius 3 is 2.22 bits per heavy atom. The predicted octanol–water partition coefficient (Wildman–Crippen LogP) is 4.92. The molecule has 0 unspecified atom stereocenters. The molecule has 1 heterocycles. The average Bonchev–Trinajstić information content (AvgIpc) is 2.64. The first-order valence-corrected chi connectivity index (χ1v) is 9.77. The van der Waals surface area contributed by atoms with E-state index in [1.54, 1.807) is 27.7 Å². The quantitative estimate of drug-likeness (QED) is 0.572. The first-order valence-electron chi connectivity index (χ1n) is 9.77. The van der Waals surface area contributed by atoms with E-state index < -0.39 is 57.5 Å². The molecule has 6 nitrogen and oxygen atoms in total. The Kier molecular flexibility index (Phi) is 6.25. The highest BCUT2D eigenvalue weighted by Crippen LogP contribution is 2.24. The molecule has 0 aliphatic carbocycles. The minimum atomic E-state index is -1.09. The molecule has 0 saturated heterocycles. The second kappa shape index (κ2) is 8.60. The summed E-state index contributed by atoms with van der Waals surface area (Å²) in [5.74, 6) is -4.26. The summed E-state index contributed by atoms with van der Waals surface area (Å²) in [6.07, 6.45) is -0.673. The Labute approximate surface area is 180 Å². The lowest BCUT2D eigenvalue weighted by molar-refractivity contribution is 0.0499. The van der Waals surface area contributed by atoms with Crippen LogP contribution in [-0.4, -0.2) is 21.2 Å².